The van der Waals surface area contributed by atoms with Crippen LogP contribution in [0.4, 0.5) is 0 Å². The average Bonchev–Trinajstić information content (AvgIpc) is 2.39. The highest BCUT2D eigenvalue weighted by Gasteiger charge is 2.57. The van der Waals surface area contributed by atoms with Gasteiger partial charge >= 0.3 is 0 Å². The summed E-state index contributed by atoms with van der Waals surface area (Å²) >= 11 is 0. The number of ether oxygens (including phenoxy) is 1. The van der Waals surface area contributed by atoms with Gasteiger partial charge in [-0.25, -0.2) is 0 Å². The highest BCUT2D eigenvalue weighted by Crippen LogP contribution is 2.52. The van der Waals surface area contributed by atoms with Crippen molar-refractivity contribution in [1.82, 2.24) is 0 Å². The molecule has 2 aliphatic carbocycles. The molecular formula is C17H26O4. The van der Waals surface area contributed by atoms with Crippen LogP contribution in [0.1, 0.15) is 33.6 Å². The molecule has 0 aromatic heterocycles. The highest BCUT2D eigenvalue weighted by molar-refractivity contribution is 5.88. The van der Waals surface area contributed by atoms with E-state index in [1.807, 2.05) is 6.08 Å². The Hall–Kier alpha value is -0.970. The van der Waals surface area contributed by atoms with E-state index in [1.165, 1.54) is 0 Å². The molecule has 118 valence electrons. The molecule has 0 aromatic carbocycles. The van der Waals surface area contributed by atoms with E-state index in [0.29, 0.717) is 13.0 Å². The third-order valence-corrected chi connectivity index (χ3v) is 5.22. The van der Waals surface area contributed by atoms with Gasteiger partial charge < -0.3 is 14.9 Å². The zero-order chi connectivity index (χ0) is 15.8. The molecule has 21 heavy (non-hydrogen) atoms. The number of rotatable bonds is 4. The van der Waals surface area contributed by atoms with Gasteiger partial charge in [0, 0.05) is 19.4 Å². The smallest absolute Gasteiger partial charge is 0.144 e. The Bertz CT molecular complexity index is 477. The Labute approximate surface area is 126 Å². The lowest BCUT2D eigenvalue weighted by Crippen LogP contribution is -2.59. The lowest BCUT2D eigenvalue weighted by atomic mass is 9.54. The molecule has 0 aromatic rings. The van der Waals surface area contributed by atoms with Gasteiger partial charge in [-0.1, -0.05) is 25.2 Å². The van der Waals surface area contributed by atoms with Crippen molar-refractivity contribution in [2.75, 3.05) is 13.7 Å². The Morgan fingerprint density at radius 3 is 2.76 bits per heavy atom. The summed E-state index contributed by atoms with van der Waals surface area (Å²) in [6.07, 6.45) is 5.88. The number of ketones is 1. The summed E-state index contributed by atoms with van der Waals surface area (Å²) in [6, 6.07) is 0. The zero-order valence-corrected chi connectivity index (χ0v) is 13.3. The van der Waals surface area contributed by atoms with Gasteiger partial charge in [0.25, 0.3) is 0 Å². The monoisotopic (exact) mass is 294 g/mol. The maximum absolute atomic E-state index is 12.8. The number of carbonyl (C=O) groups is 1. The Morgan fingerprint density at radius 2 is 2.14 bits per heavy atom. The number of allylic oxidation sites excluding steroid dienone is 2. The van der Waals surface area contributed by atoms with E-state index in [0.717, 1.165) is 5.57 Å². The number of aliphatic hydroxyl groups excluding tert-OH is 1. The minimum atomic E-state index is -1.28. The van der Waals surface area contributed by atoms with Crippen molar-refractivity contribution in [2.45, 2.75) is 45.3 Å². The molecule has 0 heterocycles. The van der Waals surface area contributed by atoms with Crippen LogP contribution in [-0.4, -0.2) is 41.4 Å². The summed E-state index contributed by atoms with van der Waals surface area (Å²) in [6.45, 7) is 5.80. The second-order valence-corrected chi connectivity index (χ2v) is 6.77. The van der Waals surface area contributed by atoms with Crippen LogP contribution < -0.4 is 0 Å². The molecule has 0 saturated carbocycles. The number of hydrogen-bond donors (Lipinski definition) is 2. The molecule has 0 spiro atoms. The first-order valence-corrected chi connectivity index (χ1v) is 7.57. The predicted molar refractivity (Wildman–Crippen MR) is 80.7 cm³/mol. The lowest BCUT2D eigenvalue weighted by molar-refractivity contribution is -0.152. The molecule has 2 rings (SSSR count). The molecule has 0 saturated heterocycles. The number of hydrogen-bond acceptors (Lipinski definition) is 4. The normalized spacial score (nSPS) is 42.4. The van der Waals surface area contributed by atoms with Crippen molar-refractivity contribution < 1.29 is 19.7 Å². The maximum atomic E-state index is 12.8. The van der Waals surface area contributed by atoms with Crippen LogP contribution in [0.25, 0.3) is 0 Å². The van der Waals surface area contributed by atoms with Crippen LogP contribution >= 0.6 is 0 Å². The molecule has 0 amide bonds. The van der Waals surface area contributed by atoms with Gasteiger partial charge in [0.2, 0.25) is 0 Å². The van der Waals surface area contributed by atoms with Gasteiger partial charge in [-0.05, 0) is 31.8 Å². The average molecular weight is 294 g/mol. The van der Waals surface area contributed by atoms with E-state index in [9.17, 15) is 15.0 Å². The van der Waals surface area contributed by atoms with E-state index in [-0.39, 0.29) is 24.0 Å². The van der Waals surface area contributed by atoms with E-state index >= 15 is 0 Å². The quantitative estimate of drug-likeness (QED) is 0.830. The molecule has 0 aliphatic heterocycles. The summed E-state index contributed by atoms with van der Waals surface area (Å²) in [5.41, 5.74) is -1.35. The fraction of sp³-hybridized carbons (Fsp3) is 0.706. The first-order chi connectivity index (χ1) is 9.74. The van der Waals surface area contributed by atoms with E-state index in [2.05, 4.69) is 13.0 Å². The molecule has 2 N–H and O–H groups in total. The molecule has 5 atom stereocenters. The fourth-order valence-electron chi connectivity index (χ4n) is 3.77. The third-order valence-electron chi connectivity index (χ3n) is 5.22. The van der Waals surface area contributed by atoms with Crippen molar-refractivity contribution in [3.8, 4) is 0 Å². The standard InChI is InChI=1S/C17H26O4/c1-11-9-12-5-7-16(2,20)17(3,14(19)6-8-21-4)15(12)13(18)10-11/h5,7,9,11,13,15,18,20H,6,8,10H2,1-4H3. The van der Waals surface area contributed by atoms with Crippen molar-refractivity contribution in [3.05, 3.63) is 23.8 Å². The summed E-state index contributed by atoms with van der Waals surface area (Å²) < 4.78 is 5.00. The van der Waals surface area contributed by atoms with Crippen LogP contribution in [0.3, 0.4) is 0 Å². The van der Waals surface area contributed by atoms with Gasteiger partial charge in [0.15, 0.2) is 0 Å². The van der Waals surface area contributed by atoms with Crippen LogP contribution in [0.15, 0.2) is 23.8 Å². The van der Waals surface area contributed by atoms with E-state index in [1.54, 1.807) is 27.0 Å². The van der Waals surface area contributed by atoms with Crippen molar-refractivity contribution >= 4 is 5.78 Å². The second kappa shape index (κ2) is 5.67. The Balaban J connectivity index is 2.47. The molecule has 4 heteroatoms. The second-order valence-electron chi connectivity index (χ2n) is 6.77. The topological polar surface area (TPSA) is 66.8 Å². The number of aliphatic hydroxyl groups is 2. The number of carbonyl (C=O) groups excluding carboxylic acids is 1. The third kappa shape index (κ3) is 2.60. The largest absolute Gasteiger partial charge is 0.392 e. The van der Waals surface area contributed by atoms with Gasteiger partial charge in [-0.2, -0.15) is 0 Å². The van der Waals surface area contributed by atoms with Gasteiger partial charge in [-0.3, -0.25) is 4.79 Å². The molecule has 0 fully saturated rings. The van der Waals surface area contributed by atoms with Crippen molar-refractivity contribution in [1.29, 1.82) is 0 Å². The summed E-state index contributed by atoms with van der Waals surface area (Å²) in [5, 5.41) is 21.3. The van der Waals surface area contributed by atoms with E-state index in [4.69, 9.17) is 4.74 Å². The number of Topliss-reactive ketones (excluding diaryl/α,β-unsaturated/α-hetero) is 1. The first-order valence-electron chi connectivity index (χ1n) is 7.57. The molecule has 0 bridgehead atoms. The van der Waals surface area contributed by atoms with Crippen molar-refractivity contribution in [3.63, 3.8) is 0 Å². The summed E-state index contributed by atoms with van der Waals surface area (Å²) in [7, 11) is 1.55. The Kier molecular flexibility index (Phi) is 4.43. The van der Waals surface area contributed by atoms with Gasteiger partial charge in [0.05, 0.1) is 23.7 Å². The number of methoxy groups -OCH3 is 1. The SMILES string of the molecule is COCCC(=O)C1(C)C2C(=CC(C)CC2O)C=CC1(C)O. The maximum Gasteiger partial charge on any atom is 0.144 e. The molecular weight excluding hydrogens is 268 g/mol. The predicted octanol–water partition coefficient (Wildman–Crippen LogP) is 1.86. The lowest BCUT2D eigenvalue weighted by Gasteiger charge is -2.51. The summed E-state index contributed by atoms with van der Waals surface area (Å²) in [5.74, 6) is -0.154. The molecule has 5 unspecified atom stereocenters. The van der Waals surface area contributed by atoms with Crippen molar-refractivity contribution in [2.24, 2.45) is 17.3 Å². The Morgan fingerprint density at radius 1 is 1.48 bits per heavy atom. The van der Waals surface area contributed by atoms with Crippen LogP contribution in [0.5, 0.6) is 0 Å². The van der Waals surface area contributed by atoms with Crippen LogP contribution in [-0.2, 0) is 9.53 Å². The first kappa shape index (κ1) is 16.4. The summed E-state index contributed by atoms with van der Waals surface area (Å²) in [4.78, 5) is 12.8. The highest BCUT2D eigenvalue weighted by atomic mass is 16.5. The minimum Gasteiger partial charge on any atom is -0.392 e. The molecule has 0 radical (unpaired) electrons. The van der Waals surface area contributed by atoms with E-state index < -0.39 is 17.1 Å². The van der Waals surface area contributed by atoms with Gasteiger partial charge in [-0.15, -0.1) is 0 Å². The minimum absolute atomic E-state index is 0.0665. The molecule has 4 nitrogen and oxygen atoms in total. The van der Waals surface area contributed by atoms with Gasteiger partial charge in [0.1, 0.15) is 5.78 Å². The molecule has 2 aliphatic rings. The zero-order valence-electron chi connectivity index (χ0n) is 13.3. The van der Waals surface area contributed by atoms with Crippen LogP contribution in [0, 0.1) is 17.3 Å². The number of fused-ring (bicyclic) bond motifs is 1. The van der Waals surface area contributed by atoms with Crippen LogP contribution in [0.2, 0.25) is 0 Å². The fourth-order valence-corrected chi connectivity index (χ4v) is 3.77.